The lowest BCUT2D eigenvalue weighted by atomic mass is 10.1. The van der Waals surface area contributed by atoms with Crippen LogP contribution in [0.5, 0.6) is 11.5 Å². The molecule has 120 valence electrons. The van der Waals surface area contributed by atoms with Crippen molar-refractivity contribution in [3.63, 3.8) is 0 Å². The van der Waals surface area contributed by atoms with Crippen molar-refractivity contribution in [3.8, 4) is 11.5 Å². The summed E-state index contributed by atoms with van der Waals surface area (Å²) in [5, 5.41) is 9.29. The van der Waals surface area contributed by atoms with Gasteiger partial charge in [0, 0.05) is 36.3 Å². The number of aromatic nitrogens is 1. The molecule has 7 heteroatoms. The summed E-state index contributed by atoms with van der Waals surface area (Å²) < 4.78 is 11.2. The number of methoxy groups -OCH3 is 2. The highest BCUT2D eigenvalue weighted by Crippen LogP contribution is 2.26. The average Bonchev–Trinajstić information content (AvgIpc) is 2.92. The summed E-state index contributed by atoms with van der Waals surface area (Å²) in [4.78, 5) is 7.22. The first-order valence-electron chi connectivity index (χ1n) is 6.80. The Morgan fingerprint density at radius 3 is 2.68 bits per heavy atom. The molecule has 0 aliphatic heterocycles. The molecule has 5 nitrogen and oxygen atoms in total. The summed E-state index contributed by atoms with van der Waals surface area (Å²) in [6, 6.07) is 5.69. The van der Waals surface area contributed by atoms with E-state index >= 15 is 0 Å². The molecule has 0 unspecified atom stereocenters. The summed E-state index contributed by atoms with van der Waals surface area (Å²) in [6.45, 7) is 1.94. The molecule has 22 heavy (non-hydrogen) atoms. The van der Waals surface area contributed by atoms with Crippen LogP contribution < -0.4 is 9.47 Å². The number of hydrogen-bond acceptors (Lipinski definition) is 6. The molecule has 0 saturated carbocycles. The van der Waals surface area contributed by atoms with Crippen LogP contribution in [-0.2, 0) is 13.1 Å². The fraction of sp³-hybridized carbons (Fsp3) is 0.400. The first-order valence-corrected chi connectivity index (χ1v) is 8.00. The van der Waals surface area contributed by atoms with Crippen molar-refractivity contribution in [2.45, 2.75) is 13.1 Å². The molecule has 0 radical (unpaired) electrons. The molecule has 0 aliphatic rings. The predicted octanol–water partition coefficient (Wildman–Crippen LogP) is 2.81. The number of nitrogens with zero attached hydrogens (tertiary/aromatic N) is 2. The Kier molecular flexibility index (Phi) is 6.45. The standard InChI is InChI=1S/C15H19ClN2O3S/c1-20-12-3-4-14(21-2)11(7-12)9-18(5-6-19)10-13-8-17-15(16)22-13/h3-4,7-8,19H,5-6,9-10H2,1-2H3. The van der Waals surface area contributed by atoms with Gasteiger partial charge in [-0.1, -0.05) is 11.6 Å². The fourth-order valence-electron chi connectivity index (χ4n) is 2.18. The molecular formula is C15H19ClN2O3S. The summed E-state index contributed by atoms with van der Waals surface area (Å²) in [5.74, 6) is 1.58. The second-order valence-electron chi connectivity index (χ2n) is 4.69. The van der Waals surface area contributed by atoms with Crippen LogP contribution in [-0.4, -0.2) is 42.4 Å². The molecule has 1 heterocycles. The highest BCUT2D eigenvalue weighted by atomic mass is 35.5. The predicted molar refractivity (Wildman–Crippen MR) is 87.9 cm³/mol. The topological polar surface area (TPSA) is 54.8 Å². The van der Waals surface area contributed by atoms with Crippen LogP contribution in [0.4, 0.5) is 0 Å². The van der Waals surface area contributed by atoms with E-state index in [-0.39, 0.29) is 6.61 Å². The molecule has 0 bridgehead atoms. The molecule has 2 aromatic rings. The van der Waals surface area contributed by atoms with Gasteiger partial charge in [0.05, 0.1) is 20.8 Å². The Morgan fingerprint density at radius 1 is 1.27 bits per heavy atom. The fourth-order valence-corrected chi connectivity index (χ4v) is 3.20. The Bertz CT molecular complexity index is 606. The number of benzene rings is 1. The van der Waals surface area contributed by atoms with Crippen LogP contribution in [0.15, 0.2) is 24.4 Å². The molecule has 0 atom stereocenters. The second kappa shape index (κ2) is 8.33. The zero-order chi connectivity index (χ0) is 15.9. The van der Waals surface area contributed by atoms with Crippen molar-refractivity contribution in [3.05, 3.63) is 39.3 Å². The zero-order valence-electron chi connectivity index (χ0n) is 12.6. The van der Waals surface area contributed by atoms with Crippen LogP contribution in [0, 0.1) is 0 Å². The number of thiazole rings is 1. The van der Waals surface area contributed by atoms with E-state index in [0.29, 0.717) is 24.1 Å². The van der Waals surface area contributed by atoms with Crippen LogP contribution in [0.2, 0.25) is 4.47 Å². The minimum atomic E-state index is 0.0822. The van der Waals surface area contributed by atoms with Gasteiger partial charge in [-0.15, -0.1) is 11.3 Å². The van der Waals surface area contributed by atoms with Gasteiger partial charge in [0.2, 0.25) is 0 Å². The lowest BCUT2D eigenvalue weighted by molar-refractivity contribution is 0.184. The molecular weight excluding hydrogens is 324 g/mol. The summed E-state index contributed by atoms with van der Waals surface area (Å²) >= 11 is 7.32. The molecule has 1 aromatic heterocycles. The molecule has 1 aromatic carbocycles. The molecule has 0 aliphatic carbocycles. The monoisotopic (exact) mass is 342 g/mol. The zero-order valence-corrected chi connectivity index (χ0v) is 14.2. The Morgan fingerprint density at radius 2 is 2.09 bits per heavy atom. The van der Waals surface area contributed by atoms with E-state index < -0.39 is 0 Å². The summed E-state index contributed by atoms with van der Waals surface area (Å²) in [6.07, 6.45) is 1.76. The van der Waals surface area contributed by atoms with Gasteiger partial charge >= 0.3 is 0 Å². The van der Waals surface area contributed by atoms with Crippen molar-refractivity contribution >= 4 is 22.9 Å². The van der Waals surface area contributed by atoms with Gasteiger partial charge in [0.25, 0.3) is 0 Å². The van der Waals surface area contributed by atoms with Crippen LogP contribution in [0.3, 0.4) is 0 Å². The maximum absolute atomic E-state index is 9.29. The maximum Gasteiger partial charge on any atom is 0.183 e. The van der Waals surface area contributed by atoms with Crippen LogP contribution in [0.25, 0.3) is 0 Å². The summed E-state index contributed by atoms with van der Waals surface area (Å²) in [5.41, 5.74) is 1.01. The van der Waals surface area contributed by atoms with Gasteiger partial charge < -0.3 is 14.6 Å². The largest absolute Gasteiger partial charge is 0.497 e. The Labute approximate surface area is 139 Å². The van der Waals surface area contributed by atoms with Gasteiger partial charge in [-0.05, 0) is 18.2 Å². The van der Waals surface area contributed by atoms with E-state index in [9.17, 15) is 5.11 Å². The van der Waals surface area contributed by atoms with Gasteiger partial charge in [0.15, 0.2) is 4.47 Å². The van der Waals surface area contributed by atoms with Crippen LogP contribution >= 0.6 is 22.9 Å². The quantitative estimate of drug-likeness (QED) is 0.799. The summed E-state index contributed by atoms with van der Waals surface area (Å²) in [7, 11) is 3.28. The molecule has 0 saturated heterocycles. The molecule has 0 amide bonds. The van der Waals surface area contributed by atoms with E-state index in [2.05, 4.69) is 9.88 Å². The number of hydrogen-bond donors (Lipinski definition) is 1. The van der Waals surface area contributed by atoms with E-state index in [1.165, 1.54) is 11.3 Å². The average molecular weight is 343 g/mol. The smallest absolute Gasteiger partial charge is 0.183 e. The third kappa shape index (κ3) is 4.58. The number of aliphatic hydroxyl groups is 1. The van der Waals surface area contributed by atoms with E-state index in [1.54, 1.807) is 20.4 Å². The molecule has 0 spiro atoms. The number of rotatable bonds is 8. The maximum atomic E-state index is 9.29. The van der Waals surface area contributed by atoms with Crippen molar-refractivity contribution in [2.24, 2.45) is 0 Å². The lowest BCUT2D eigenvalue weighted by Crippen LogP contribution is -2.26. The molecule has 2 rings (SSSR count). The Hall–Kier alpha value is -1.34. The normalized spacial score (nSPS) is 11.0. The van der Waals surface area contributed by atoms with Gasteiger partial charge in [-0.2, -0.15) is 0 Å². The first-order chi connectivity index (χ1) is 10.7. The SMILES string of the molecule is COc1ccc(OC)c(CN(CCO)Cc2cnc(Cl)s2)c1. The number of halogens is 1. The third-order valence-corrected chi connectivity index (χ3v) is 4.30. The molecule has 1 N–H and O–H groups in total. The Balaban J connectivity index is 2.16. The second-order valence-corrected chi connectivity index (χ2v) is 6.39. The van der Waals surface area contributed by atoms with Crippen molar-refractivity contribution in [1.29, 1.82) is 0 Å². The minimum Gasteiger partial charge on any atom is -0.497 e. The lowest BCUT2D eigenvalue weighted by Gasteiger charge is -2.22. The third-order valence-electron chi connectivity index (χ3n) is 3.20. The van der Waals surface area contributed by atoms with E-state index in [1.807, 2.05) is 18.2 Å². The van der Waals surface area contributed by atoms with Gasteiger partial charge in [-0.3, -0.25) is 4.90 Å². The first kappa shape index (κ1) is 17.0. The van der Waals surface area contributed by atoms with Gasteiger partial charge in [0.1, 0.15) is 11.5 Å². The van der Waals surface area contributed by atoms with Crippen LogP contribution in [0.1, 0.15) is 10.4 Å². The number of ether oxygens (including phenoxy) is 2. The minimum absolute atomic E-state index is 0.0822. The van der Waals surface area contributed by atoms with Gasteiger partial charge in [-0.25, -0.2) is 4.98 Å². The van der Waals surface area contributed by atoms with E-state index in [0.717, 1.165) is 21.9 Å². The highest BCUT2D eigenvalue weighted by molar-refractivity contribution is 7.15. The van der Waals surface area contributed by atoms with Crippen molar-refractivity contribution in [2.75, 3.05) is 27.4 Å². The number of aliphatic hydroxyl groups excluding tert-OH is 1. The van der Waals surface area contributed by atoms with E-state index in [4.69, 9.17) is 21.1 Å². The van der Waals surface area contributed by atoms with Crippen molar-refractivity contribution < 1.29 is 14.6 Å². The van der Waals surface area contributed by atoms with Crippen molar-refractivity contribution in [1.82, 2.24) is 9.88 Å². The molecule has 0 fully saturated rings. The highest BCUT2D eigenvalue weighted by Gasteiger charge is 2.13.